The Morgan fingerprint density at radius 3 is 2.84 bits per heavy atom. The Labute approximate surface area is 121 Å². The van der Waals surface area contributed by atoms with Crippen LogP contribution in [0, 0.1) is 0 Å². The van der Waals surface area contributed by atoms with Crippen molar-refractivity contribution in [3.63, 3.8) is 0 Å². The minimum Gasteiger partial charge on any atom is -0.338 e. The first-order valence-corrected chi connectivity index (χ1v) is 7.12. The van der Waals surface area contributed by atoms with Gasteiger partial charge in [-0.05, 0) is 30.7 Å². The molecule has 0 bridgehead atoms. The van der Waals surface area contributed by atoms with Crippen molar-refractivity contribution in [1.82, 2.24) is 10.1 Å². The zero-order valence-electron chi connectivity index (χ0n) is 10.3. The van der Waals surface area contributed by atoms with Crippen LogP contribution in [-0.4, -0.2) is 10.1 Å². The van der Waals surface area contributed by atoms with Crippen LogP contribution in [0.4, 0.5) is 0 Å². The van der Waals surface area contributed by atoms with E-state index in [4.69, 9.17) is 21.9 Å². The summed E-state index contributed by atoms with van der Waals surface area (Å²) in [5.74, 6) is 1.72. The first kappa shape index (κ1) is 14.1. The molecule has 0 saturated heterocycles. The highest BCUT2D eigenvalue weighted by Crippen LogP contribution is 2.23. The largest absolute Gasteiger partial charge is 0.338 e. The van der Waals surface area contributed by atoms with E-state index in [-0.39, 0.29) is 6.04 Å². The van der Waals surface area contributed by atoms with Crippen LogP contribution in [0.1, 0.15) is 24.2 Å². The number of rotatable bonds is 6. The molecule has 1 atom stereocenters. The van der Waals surface area contributed by atoms with Gasteiger partial charge in [0, 0.05) is 9.92 Å². The maximum atomic E-state index is 5.85. The van der Waals surface area contributed by atoms with Crippen molar-refractivity contribution in [2.45, 2.75) is 23.1 Å². The third kappa shape index (κ3) is 4.09. The van der Waals surface area contributed by atoms with Crippen molar-refractivity contribution < 1.29 is 4.52 Å². The Morgan fingerprint density at radius 1 is 1.42 bits per heavy atom. The van der Waals surface area contributed by atoms with Gasteiger partial charge < -0.3 is 10.3 Å². The second-order valence-corrected chi connectivity index (χ2v) is 5.41. The summed E-state index contributed by atoms with van der Waals surface area (Å²) in [7, 11) is 0. The van der Waals surface area contributed by atoms with Gasteiger partial charge in [0.1, 0.15) is 0 Å². The Balaban J connectivity index is 1.93. The molecule has 2 N–H and O–H groups in total. The number of nitrogens with zero attached hydrogens (tertiary/aromatic N) is 2. The monoisotopic (exact) mass is 295 g/mol. The molecule has 1 unspecified atom stereocenters. The van der Waals surface area contributed by atoms with E-state index < -0.39 is 0 Å². The molecule has 6 heteroatoms. The van der Waals surface area contributed by atoms with Crippen LogP contribution in [-0.2, 0) is 5.75 Å². The zero-order chi connectivity index (χ0) is 13.7. The first-order valence-electron chi connectivity index (χ1n) is 5.76. The quantitative estimate of drug-likeness (QED) is 0.651. The molecule has 2 rings (SSSR count). The van der Waals surface area contributed by atoms with Gasteiger partial charge in [-0.3, -0.25) is 0 Å². The predicted octanol–water partition coefficient (Wildman–Crippen LogP) is 3.59. The molecule has 0 aliphatic rings. The number of hydrogen-bond acceptors (Lipinski definition) is 5. The number of hydrogen-bond donors (Lipinski definition) is 1. The van der Waals surface area contributed by atoms with Crippen LogP contribution in [0.3, 0.4) is 0 Å². The second kappa shape index (κ2) is 6.75. The van der Waals surface area contributed by atoms with E-state index in [1.807, 2.05) is 24.3 Å². The molecule has 100 valence electrons. The maximum Gasteiger partial charge on any atom is 0.243 e. The standard InChI is InChI=1S/C13H14ClN3OS/c1-2-3-11(15)13-16-12(17-18-13)8-19-10-6-4-9(14)5-7-10/h2,4-7,11H,1,3,8,15H2. The van der Waals surface area contributed by atoms with E-state index in [9.17, 15) is 0 Å². The van der Waals surface area contributed by atoms with Crippen LogP contribution >= 0.6 is 23.4 Å². The van der Waals surface area contributed by atoms with Crippen molar-refractivity contribution in [3.8, 4) is 0 Å². The highest BCUT2D eigenvalue weighted by Gasteiger charge is 2.13. The summed E-state index contributed by atoms with van der Waals surface area (Å²) < 4.78 is 5.12. The Morgan fingerprint density at radius 2 is 2.16 bits per heavy atom. The lowest BCUT2D eigenvalue weighted by Crippen LogP contribution is -2.09. The smallest absolute Gasteiger partial charge is 0.243 e. The van der Waals surface area contributed by atoms with Crippen molar-refractivity contribution in [2.24, 2.45) is 5.73 Å². The minimum atomic E-state index is -0.278. The third-order valence-corrected chi connectivity index (χ3v) is 3.66. The van der Waals surface area contributed by atoms with Gasteiger partial charge in [-0.25, -0.2) is 0 Å². The molecule has 0 aliphatic carbocycles. The van der Waals surface area contributed by atoms with E-state index in [1.54, 1.807) is 17.8 Å². The molecule has 19 heavy (non-hydrogen) atoms. The van der Waals surface area contributed by atoms with Gasteiger partial charge in [-0.15, -0.1) is 18.3 Å². The Kier molecular flexibility index (Phi) is 5.01. The van der Waals surface area contributed by atoms with E-state index in [1.165, 1.54) is 0 Å². The van der Waals surface area contributed by atoms with Crippen molar-refractivity contribution in [1.29, 1.82) is 0 Å². The topological polar surface area (TPSA) is 64.9 Å². The summed E-state index contributed by atoms with van der Waals surface area (Å²) in [6.45, 7) is 3.63. The zero-order valence-corrected chi connectivity index (χ0v) is 11.8. The lowest BCUT2D eigenvalue weighted by atomic mass is 10.2. The average Bonchev–Trinajstić information content (AvgIpc) is 2.87. The minimum absolute atomic E-state index is 0.278. The van der Waals surface area contributed by atoms with Gasteiger partial charge in [0.2, 0.25) is 5.89 Å². The van der Waals surface area contributed by atoms with Crippen LogP contribution < -0.4 is 5.73 Å². The summed E-state index contributed by atoms with van der Waals surface area (Å²) in [6, 6.07) is 7.34. The molecule has 0 amide bonds. The molecule has 1 aromatic carbocycles. The molecule has 0 spiro atoms. The molecule has 0 aliphatic heterocycles. The van der Waals surface area contributed by atoms with Gasteiger partial charge in [0.15, 0.2) is 5.82 Å². The lowest BCUT2D eigenvalue weighted by Gasteiger charge is -2.00. The highest BCUT2D eigenvalue weighted by molar-refractivity contribution is 7.98. The fourth-order valence-electron chi connectivity index (χ4n) is 1.44. The molecule has 4 nitrogen and oxygen atoms in total. The number of aromatic nitrogens is 2. The fourth-order valence-corrected chi connectivity index (χ4v) is 2.30. The van der Waals surface area contributed by atoms with E-state index >= 15 is 0 Å². The highest BCUT2D eigenvalue weighted by atomic mass is 35.5. The summed E-state index contributed by atoms with van der Waals surface area (Å²) in [4.78, 5) is 5.37. The number of nitrogens with two attached hydrogens (primary N) is 1. The van der Waals surface area contributed by atoms with E-state index in [0.717, 1.165) is 9.92 Å². The normalized spacial score (nSPS) is 12.3. The van der Waals surface area contributed by atoms with Crippen LogP contribution in [0.25, 0.3) is 0 Å². The molecule has 0 fully saturated rings. The van der Waals surface area contributed by atoms with Crippen molar-refractivity contribution in [2.75, 3.05) is 0 Å². The predicted molar refractivity (Wildman–Crippen MR) is 77.1 cm³/mol. The lowest BCUT2D eigenvalue weighted by molar-refractivity contribution is 0.352. The summed E-state index contributed by atoms with van der Waals surface area (Å²) in [5.41, 5.74) is 5.85. The van der Waals surface area contributed by atoms with Crippen molar-refractivity contribution >= 4 is 23.4 Å². The molecule has 2 aromatic rings. The summed E-state index contributed by atoms with van der Waals surface area (Å²) in [6.07, 6.45) is 2.35. The number of halogens is 1. The number of thioether (sulfide) groups is 1. The van der Waals surface area contributed by atoms with Crippen LogP contribution in [0.2, 0.25) is 5.02 Å². The molecular weight excluding hydrogens is 282 g/mol. The fraction of sp³-hybridized carbons (Fsp3) is 0.231. The Hall–Kier alpha value is -1.30. The summed E-state index contributed by atoms with van der Waals surface area (Å²) in [5, 5.41) is 4.63. The second-order valence-electron chi connectivity index (χ2n) is 3.92. The van der Waals surface area contributed by atoms with Crippen LogP contribution in [0.5, 0.6) is 0 Å². The van der Waals surface area contributed by atoms with Gasteiger partial charge in [0.25, 0.3) is 0 Å². The average molecular weight is 296 g/mol. The van der Waals surface area contributed by atoms with Gasteiger partial charge in [0.05, 0.1) is 11.8 Å². The maximum absolute atomic E-state index is 5.85. The van der Waals surface area contributed by atoms with Gasteiger partial charge in [-0.2, -0.15) is 4.98 Å². The van der Waals surface area contributed by atoms with E-state index in [0.29, 0.717) is 23.9 Å². The number of benzene rings is 1. The van der Waals surface area contributed by atoms with Crippen LogP contribution in [0.15, 0.2) is 46.3 Å². The molecule has 0 saturated carbocycles. The van der Waals surface area contributed by atoms with E-state index in [2.05, 4.69) is 16.7 Å². The van der Waals surface area contributed by atoms with Crippen molar-refractivity contribution in [3.05, 3.63) is 53.7 Å². The SMILES string of the molecule is C=CCC(N)c1nc(CSc2ccc(Cl)cc2)no1. The van der Waals surface area contributed by atoms with Gasteiger partial charge in [-0.1, -0.05) is 22.8 Å². The molecule has 0 radical (unpaired) electrons. The third-order valence-electron chi connectivity index (χ3n) is 2.40. The molecule has 1 aromatic heterocycles. The summed E-state index contributed by atoms with van der Waals surface area (Å²) >= 11 is 7.44. The first-order chi connectivity index (χ1) is 9.19. The molecule has 1 heterocycles. The van der Waals surface area contributed by atoms with Gasteiger partial charge >= 0.3 is 0 Å². The Bertz CT molecular complexity index is 541. The molecular formula is C13H14ClN3OS.